The number of alkyl halides is 1. The molecule has 1 amide bonds. The number of carbonyl (C=O) groups is 1. The minimum absolute atomic E-state index is 0.204. The van der Waals surface area contributed by atoms with Crippen molar-refractivity contribution < 1.29 is 13.9 Å². The van der Waals surface area contributed by atoms with Gasteiger partial charge in [0.15, 0.2) is 0 Å². The molecule has 0 aliphatic heterocycles. The fourth-order valence-electron chi connectivity index (χ4n) is 1.90. The molecule has 88 valence electrons. The Kier molecular flexibility index (Phi) is 5.61. The number of hydrogen-bond acceptors (Lipinski definition) is 2. The summed E-state index contributed by atoms with van der Waals surface area (Å²) in [6, 6.07) is -0.482. The molecule has 0 aromatic carbocycles. The van der Waals surface area contributed by atoms with Crippen LogP contribution in [0.2, 0.25) is 0 Å². The van der Waals surface area contributed by atoms with Crippen molar-refractivity contribution in [2.24, 2.45) is 0 Å². The van der Waals surface area contributed by atoms with Crippen molar-refractivity contribution in [2.45, 2.75) is 51.2 Å². The molecule has 15 heavy (non-hydrogen) atoms. The quantitative estimate of drug-likeness (QED) is 0.762. The second kappa shape index (κ2) is 6.77. The van der Waals surface area contributed by atoms with Gasteiger partial charge in [0, 0.05) is 6.92 Å². The van der Waals surface area contributed by atoms with E-state index in [0.717, 1.165) is 12.8 Å². The largest absolute Gasteiger partial charge is 0.376 e. The summed E-state index contributed by atoms with van der Waals surface area (Å²) in [6.07, 6.45) is 6.08. The van der Waals surface area contributed by atoms with Gasteiger partial charge in [0.1, 0.15) is 6.67 Å². The SMILES string of the molecule is CC(=O)NC(CF)COC1CCCCC1. The number of halogens is 1. The summed E-state index contributed by atoms with van der Waals surface area (Å²) in [6.45, 7) is 1.12. The van der Waals surface area contributed by atoms with E-state index < -0.39 is 12.7 Å². The smallest absolute Gasteiger partial charge is 0.217 e. The Morgan fingerprint density at radius 1 is 1.47 bits per heavy atom. The molecule has 1 fully saturated rings. The highest BCUT2D eigenvalue weighted by atomic mass is 19.1. The first-order valence-corrected chi connectivity index (χ1v) is 5.67. The van der Waals surface area contributed by atoms with E-state index in [1.165, 1.54) is 26.2 Å². The van der Waals surface area contributed by atoms with Gasteiger partial charge in [-0.25, -0.2) is 4.39 Å². The van der Waals surface area contributed by atoms with Crippen LogP contribution in [0.15, 0.2) is 0 Å². The van der Waals surface area contributed by atoms with Crippen LogP contribution in [-0.2, 0) is 9.53 Å². The summed E-state index contributed by atoms with van der Waals surface area (Å²) in [7, 11) is 0. The summed E-state index contributed by atoms with van der Waals surface area (Å²) < 4.78 is 18.1. The van der Waals surface area contributed by atoms with E-state index in [2.05, 4.69) is 5.32 Å². The van der Waals surface area contributed by atoms with Gasteiger partial charge in [0.2, 0.25) is 5.91 Å². The molecular formula is C11H20FNO2. The van der Waals surface area contributed by atoms with Crippen molar-refractivity contribution >= 4 is 5.91 Å². The topological polar surface area (TPSA) is 38.3 Å². The summed E-state index contributed by atoms with van der Waals surface area (Å²) in [4.78, 5) is 10.7. The van der Waals surface area contributed by atoms with Gasteiger partial charge in [-0.3, -0.25) is 4.79 Å². The Labute approximate surface area is 90.4 Å². The second-order valence-corrected chi connectivity index (χ2v) is 4.15. The molecule has 0 aromatic rings. The zero-order valence-electron chi connectivity index (χ0n) is 9.30. The molecule has 1 aliphatic rings. The van der Waals surface area contributed by atoms with Gasteiger partial charge >= 0.3 is 0 Å². The van der Waals surface area contributed by atoms with Crippen LogP contribution in [0.5, 0.6) is 0 Å². The Morgan fingerprint density at radius 2 is 2.13 bits per heavy atom. The van der Waals surface area contributed by atoms with Crippen molar-refractivity contribution in [1.29, 1.82) is 0 Å². The lowest BCUT2D eigenvalue weighted by Crippen LogP contribution is -2.39. The highest BCUT2D eigenvalue weighted by Gasteiger charge is 2.16. The zero-order valence-corrected chi connectivity index (χ0v) is 9.30. The molecular weight excluding hydrogens is 197 g/mol. The number of hydrogen-bond donors (Lipinski definition) is 1. The van der Waals surface area contributed by atoms with Crippen molar-refractivity contribution in [3.8, 4) is 0 Å². The zero-order chi connectivity index (χ0) is 11.1. The third-order valence-electron chi connectivity index (χ3n) is 2.68. The van der Waals surface area contributed by atoms with Crippen LogP contribution in [-0.4, -0.2) is 31.3 Å². The summed E-state index contributed by atoms with van der Waals surface area (Å²) >= 11 is 0. The van der Waals surface area contributed by atoms with Crippen molar-refractivity contribution in [3.05, 3.63) is 0 Å². The highest BCUT2D eigenvalue weighted by molar-refractivity contribution is 5.73. The number of carbonyl (C=O) groups excluding carboxylic acids is 1. The van der Waals surface area contributed by atoms with Crippen molar-refractivity contribution in [2.75, 3.05) is 13.3 Å². The molecule has 1 N–H and O–H groups in total. The lowest BCUT2D eigenvalue weighted by molar-refractivity contribution is -0.120. The monoisotopic (exact) mass is 217 g/mol. The average molecular weight is 217 g/mol. The Balaban J connectivity index is 2.17. The predicted octanol–water partition coefficient (Wildman–Crippen LogP) is 1.81. The van der Waals surface area contributed by atoms with E-state index in [1.54, 1.807) is 0 Å². The Hall–Kier alpha value is -0.640. The molecule has 4 heteroatoms. The molecule has 3 nitrogen and oxygen atoms in total. The number of nitrogens with one attached hydrogen (secondary N) is 1. The minimum Gasteiger partial charge on any atom is -0.376 e. The van der Waals surface area contributed by atoms with Crippen LogP contribution in [0.1, 0.15) is 39.0 Å². The van der Waals surface area contributed by atoms with Gasteiger partial charge in [-0.1, -0.05) is 19.3 Å². The van der Waals surface area contributed by atoms with Crippen LogP contribution in [0.3, 0.4) is 0 Å². The Morgan fingerprint density at radius 3 is 2.67 bits per heavy atom. The molecule has 1 atom stereocenters. The van der Waals surface area contributed by atoms with E-state index in [4.69, 9.17) is 4.74 Å². The summed E-state index contributed by atoms with van der Waals surface area (Å²) in [5.41, 5.74) is 0. The summed E-state index contributed by atoms with van der Waals surface area (Å²) in [5.74, 6) is -0.204. The van der Waals surface area contributed by atoms with E-state index >= 15 is 0 Å². The molecule has 1 unspecified atom stereocenters. The molecule has 0 bridgehead atoms. The van der Waals surface area contributed by atoms with E-state index in [-0.39, 0.29) is 12.0 Å². The third-order valence-corrected chi connectivity index (χ3v) is 2.68. The van der Waals surface area contributed by atoms with Gasteiger partial charge in [-0.15, -0.1) is 0 Å². The van der Waals surface area contributed by atoms with E-state index in [1.807, 2.05) is 0 Å². The van der Waals surface area contributed by atoms with Gasteiger partial charge in [-0.05, 0) is 12.8 Å². The standard InChI is InChI=1S/C11H20FNO2/c1-9(14)13-10(7-12)8-15-11-5-3-2-4-6-11/h10-11H,2-8H2,1H3,(H,13,14). The summed E-state index contributed by atoms with van der Waals surface area (Å²) in [5, 5.41) is 2.53. The van der Waals surface area contributed by atoms with Gasteiger partial charge < -0.3 is 10.1 Å². The van der Waals surface area contributed by atoms with Gasteiger partial charge in [-0.2, -0.15) is 0 Å². The first kappa shape index (κ1) is 12.4. The fourth-order valence-corrected chi connectivity index (χ4v) is 1.90. The number of rotatable bonds is 5. The Bertz CT molecular complexity index is 193. The van der Waals surface area contributed by atoms with Crippen molar-refractivity contribution in [3.63, 3.8) is 0 Å². The maximum atomic E-state index is 12.5. The molecule has 0 aromatic heterocycles. The molecule has 0 heterocycles. The van der Waals surface area contributed by atoms with Crippen LogP contribution in [0.4, 0.5) is 4.39 Å². The number of amides is 1. The number of ether oxygens (including phenoxy) is 1. The molecule has 0 radical (unpaired) electrons. The van der Waals surface area contributed by atoms with Crippen LogP contribution < -0.4 is 5.32 Å². The van der Waals surface area contributed by atoms with E-state index in [0.29, 0.717) is 6.61 Å². The van der Waals surface area contributed by atoms with Gasteiger partial charge in [0.25, 0.3) is 0 Å². The fraction of sp³-hybridized carbons (Fsp3) is 0.909. The first-order valence-electron chi connectivity index (χ1n) is 5.67. The first-order chi connectivity index (χ1) is 7.22. The van der Waals surface area contributed by atoms with Gasteiger partial charge in [0.05, 0.1) is 18.8 Å². The van der Waals surface area contributed by atoms with Crippen molar-refractivity contribution in [1.82, 2.24) is 5.32 Å². The molecule has 1 saturated carbocycles. The predicted molar refractivity (Wildman–Crippen MR) is 56.4 cm³/mol. The minimum atomic E-state index is -0.563. The molecule has 1 aliphatic carbocycles. The maximum Gasteiger partial charge on any atom is 0.217 e. The molecule has 1 rings (SSSR count). The molecule has 0 saturated heterocycles. The van der Waals surface area contributed by atoms with Crippen LogP contribution in [0.25, 0.3) is 0 Å². The second-order valence-electron chi connectivity index (χ2n) is 4.15. The lowest BCUT2D eigenvalue weighted by atomic mass is 9.98. The van der Waals surface area contributed by atoms with Crippen LogP contribution >= 0.6 is 0 Å². The van der Waals surface area contributed by atoms with Crippen LogP contribution in [0, 0.1) is 0 Å². The van der Waals surface area contributed by atoms with E-state index in [9.17, 15) is 9.18 Å². The third kappa shape index (κ3) is 5.11. The normalized spacial score (nSPS) is 19.9. The lowest BCUT2D eigenvalue weighted by Gasteiger charge is -2.24. The maximum absolute atomic E-state index is 12.5. The average Bonchev–Trinajstić information content (AvgIpc) is 2.25. The molecule has 0 spiro atoms. The highest BCUT2D eigenvalue weighted by Crippen LogP contribution is 2.20.